The number of carbonyl (C=O) groups excluding carboxylic acids is 1. The zero-order chi connectivity index (χ0) is 16.4. The van der Waals surface area contributed by atoms with Crippen molar-refractivity contribution in [2.24, 2.45) is 5.10 Å². The molecule has 0 aliphatic rings. The lowest BCUT2D eigenvalue weighted by atomic mass is 10.2. The van der Waals surface area contributed by atoms with Crippen LogP contribution in [0.1, 0.15) is 27.6 Å². The first-order valence-electron chi connectivity index (χ1n) is 6.86. The number of nitrogens with one attached hydrogen (secondary N) is 1. The molecule has 0 atom stereocenters. The van der Waals surface area contributed by atoms with Gasteiger partial charge in [0.2, 0.25) is 5.82 Å². The third-order valence-corrected chi connectivity index (χ3v) is 3.07. The van der Waals surface area contributed by atoms with Crippen LogP contribution in [0.2, 0.25) is 0 Å². The van der Waals surface area contributed by atoms with E-state index in [2.05, 4.69) is 25.6 Å². The Morgan fingerprint density at radius 1 is 1.30 bits per heavy atom. The van der Waals surface area contributed by atoms with Gasteiger partial charge in [-0.15, -0.1) is 5.10 Å². The Morgan fingerprint density at radius 2 is 2.13 bits per heavy atom. The molecule has 8 heteroatoms. The normalized spacial score (nSPS) is 11.2. The predicted octanol–water partition coefficient (Wildman–Crippen LogP) is 1.21. The summed E-state index contributed by atoms with van der Waals surface area (Å²) in [5.41, 5.74) is 4.64. The molecule has 0 spiro atoms. The van der Waals surface area contributed by atoms with Crippen LogP contribution in [0.5, 0.6) is 5.75 Å². The van der Waals surface area contributed by atoms with Crippen LogP contribution in [0.4, 0.5) is 0 Å². The number of carbonyl (C=O) groups is 1. The second-order valence-corrected chi connectivity index (χ2v) is 4.98. The van der Waals surface area contributed by atoms with E-state index in [0.717, 1.165) is 11.4 Å². The van der Waals surface area contributed by atoms with Gasteiger partial charge in [-0.05, 0) is 37.6 Å². The number of hydrazone groups is 1. The Balaban J connectivity index is 1.77. The number of aromatic hydroxyl groups is 1. The number of nitrogens with zero attached hydrogens (tertiary/aromatic N) is 5. The lowest BCUT2D eigenvalue weighted by Crippen LogP contribution is -2.19. The third-order valence-electron chi connectivity index (χ3n) is 3.07. The number of phenols is 1. The van der Waals surface area contributed by atoms with Crippen LogP contribution in [-0.2, 0) is 0 Å². The minimum atomic E-state index is -0.538. The summed E-state index contributed by atoms with van der Waals surface area (Å²) in [7, 11) is 0. The van der Waals surface area contributed by atoms with Crippen molar-refractivity contribution in [2.75, 3.05) is 0 Å². The monoisotopic (exact) mass is 310 g/mol. The number of rotatable bonds is 3. The molecule has 2 N–H and O–H groups in total. The molecule has 3 aromatic rings. The molecule has 2 heterocycles. The average Bonchev–Trinajstić information content (AvgIpc) is 2.91. The predicted molar refractivity (Wildman–Crippen MR) is 83.4 cm³/mol. The van der Waals surface area contributed by atoms with Crippen molar-refractivity contribution in [3.63, 3.8) is 0 Å². The van der Waals surface area contributed by atoms with E-state index in [-0.39, 0.29) is 11.6 Å². The second kappa shape index (κ2) is 5.84. The molecular weight excluding hydrogens is 296 g/mol. The molecule has 0 aliphatic carbocycles. The standard InChI is InChI=1S/C15H14N6O2/c1-9-6-10(2)21-15(17-9)18-13(20-21)14(23)19-16-8-11-4-3-5-12(22)7-11/h3-8,22H,1-2H3,(H,19,23). The fraction of sp³-hybridized carbons (Fsp3) is 0.133. The van der Waals surface area contributed by atoms with Crippen molar-refractivity contribution in [3.8, 4) is 5.75 Å². The first-order chi connectivity index (χ1) is 11.0. The molecule has 3 rings (SSSR count). The summed E-state index contributed by atoms with van der Waals surface area (Å²) < 4.78 is 1.50. The van der Waals surface area contributed by atoms with Gasteiger partial charge in [-0.25, -0.2) is 14.9 Å². The topological polar surface area (TPSA) is 105 Å². The van der Waals surface area contributed by atoms with Crippen molar-refractivity contribution in [1.82, 2.24) is 25.0 Å². The van der Waals surface area contributed by atoms with Gasteiger partial charge in [-0.3, -0.25) is 4.79 Å². The van der Waals surface area contributed by atoms with Crippen molar-refractivity contribution >= 4 is 17.9 Å². The molecule has 0 saturated heterocycles. The average molecular weight is 310 g/mol. The van der Waals surface area contributed by atoms with E-state index < -0.39 is 5.91 Å². The number of amides is 1. The van der Waals surface area contributed by atoms with Crippen molar-refractivity contribution in [3.05, 3.63) is 53.1 Å². The Bertz CT molecular complexity index is 915. The molecule has 0 saturated carbocycles. The smallest absolute Gasteiger partial charge is 0.311 e. The van der Waals surface area contributed by atoms with Crippen LogP contribution < -0.4 is 5.43 Å². The molecule has 8 nitrogen and oxygen atoms in total. The van der Waals surface area contributed by atoms with E-state index in [0.29, 0.717) is 11.3 Å². The van der Waals surface area contributed by atoms with Crippen molar-refractivity contribution in [2.45, 2.75) is 13.8 Å². The summed E-state index contributed by atoms with van der Waals surface area (Å²) in [6.45, 7) is 3.71. The molecular formula is C15H14N6O2. The lowest BCUT2D eigenvalue weighted by molar-refractivity contribution is 0.0945. The minimum Gasteiger partial charge on any atom is -0.508 e. The van der Waals surface area contributed by atoms with E-state index in [1.807, 2.05) is 19.9 Å². The highest BCUT2D eigenvalue weighted by atomic mass is 16.3. The van der Waals surface area contributed by atoms with Gasteiger partial charge < -0.3 is 5.11 Å². The Hall–Kier alpha value is -3.29. The molecule has 23 heavy (non-hydrogen) atoms. The number of fused-ring (bicyclic) bond motifs is 1. The molecule has 1 amide bonds. The van der Waals surface area contributed by atoms with E-state index in [9.17, 15) is 9.90 Å². The summed E-state index contributed by atoms with van der Waals surface area (Å²) in [6.07, 6.45) is 1.42. The maximum Gasteiger partial charge on any atom is 0.311 e. The highest BCUT2D eigenvalue weighted by Gasteiger charge is 2.14. The van der Waals surface area contributed by atoms with Crippen LogP contribution in [0.25, 0.3) is 5.78 Å². The first kappa shape index (κ1) is 14.6. The zero-order valence-corrected chi connectivity index (χ0v) is 12.6. The Labute approximate surface area is 131 Å². The Morgan fingerprint density at radius 3 is 2.91 bits per heavy atom. The number of hydrogen-bond donors (Lipinski definition) is 2. The zero-order valence-electron chi connectivity index (χ0n) is 12.6. The van der Waals surface area contributed by atoms with E-state index >= 15 is 0 Å². The highest BCUT2D eigenvalue weighted by Crippen LogP contribution is 2.08. The Kier molecular flexibility index (Phi) is 3.71. The van der Waals surface area contributed by atoms with Crippen LogP contribution >= 0.6 is 0 Å². The number of aromatic nitrogens is 4. The highest BCUT2D eigenvalue weighted by molar-refractivity contribution is 5.91. The molecule has 0 bridgehead atoms. The van der Waals surface area contributed by atoms with Gasteiger partial charge >= 0.3 is 5.91 Å². The van der Waals surface area contributed by atoms with Crippen molar-refractivity contribution in [1.29, 1.82) is 0 Å². The van der Waals surface area contributed by atoms with Crippen LogP contribution in [0.15, 0.2) is 35.4 Å². The molecule has 116 valence electrons. The number of phenolic OH excluding ortho intramolecular Hbond substituents is 1. The molecule has 0 aliphatic heterocycles. The summed E-state index contributed by atoms with van der Waals surface area (Å²) in [4.78, 5) is 20.3. The fourth-order valence-corrected chi connectivity index (χ4v) is 2.08. The van der Waals surface area contributed by atoms with Gasteiger partial charge in [0.05, 0.1) is 6.21 Å². The minimum absolute atomic E-state index is 0.0146. The molecule has 1 aromatic carbocycles. The van der Waals surface area contributed by atoms with Gasteiger partial charge in [0.25, 0.3) is 5.78 Å². The van der Waals surface area contributed by atoms with Crippen LogP contribution in [-0.4, -0.2) is 36.8 Å². The largest absolute Gasteiger partial charge is 0.508 e. The third kappa shape index (κ3) is 3.15. The van der Waals surface area contributed by atoms with Gasteiger partial charge in [-0.1, -0.05) is 12.1 Å². The van der Waals surface area contributed by atoms with Gasteiger partial charge in [0.1, 0.15) is 5.75 Å². The second-order valence-electron chi connectivity index (χ2n) is 4.98. The van der Waals surface area contributed by atoms with Crippen LogP contribution in [0, 0.1) is 13.8 Å². The molecule has 0 unspecified atom stereocenters. The number of hydrogen-bond acceptors (Lipinski definition) is 6. The van der Waals surface area contributed by atoms with Crippen LogP contribution in [0.3, 0.4) is 0 Å². The SMILES string of the molecule is Cc1cc(C)n2nc(C(=O)NN=Cc3cccc(O)c3)nc2n1. The summed E-state index contributed by atoms with van der Waals surface area (Å²) >= 11 is 0. The molecule has 0 fully saturated rings. The van der Waals surface area contributed by atoms with Gasteiger partial charge in [0, 0.05) is 11.4 Å². The van der Waals surface area contributed by atoms with E-state index in [4.69, 9.17) is 0 Å². The summed E-state index contributed by atoms with van der Waals surface area (Å²) in [5, 5.41) is 17.3. The maximum atomic E-state index is 12.0. The van der Waals surface area contributed by atoms with Gasteiger partial charge in [0.15, 0.2) is 0 Å². The van der Waals surface area contributed by atoms with Crippen molar-refractivity contribution < 1.29 is 9.90 Å². The molecule has 2 aromatic heterocycles. The maximum absolute atomic E-state index is 12.0. The van der Waals surface area contributed by atoms with E-state index in [1.165, 1.54) is 16.8 Å². The fourth-order valence-electron chi connectivity index (χ4n) is 2.08. The lowest BCUT2D eigenvalue weighted by Gasteiger charge is -1.97. The summed E-state index contributed by atoms with van der Waals surface area (Å²) in [5.74, 6) is -0.0629. The van der Waals surface area contributed by atoms with E-state index in [1.54, 1.807) is 18.2 Å². The first-order valence-corrected chi connectivity index (χ1v) is 6.86. The summed E-state index contributed by atoms with van der Waals surface area (Å²) in [6, 6.07) is 8.35. The van der Waals surface area contributed by atoms with Gasteiger partial charge in [-0.2, -0.15) is 10.1 Å². The molecule has 0 radical (unpaired) electrons. The number of benzene rings is 1. The number of aryl methyl sites for hydroxylation is 2. The quantitative estimate of drug-likeness (QED) is 0.559.